The third-order valence-electron chi connectivity index (χ3n) is 3.39. The van der Waals surface area contributed by atoms with Crippen LogP contribution in [-0.4, -0.2) is 26.0 Å². The molecule has 1 unspecified atom stereocenters. The number of rotatable bonds is 6. The number of aryl methyl sites for hydroxylation is 1. The first kappa shape index (κ1) is 16.6. The Morgan fingerprint density at radius 3 is 2.55 bits per heavy atom. The van der Waals surface area contributed by atoms with Crippen molar-refractivity contribution in [3.8, 4) is 0 Å². The molecule has 2 N–H and O–H groups in total. The lowest BCUT2D eigenvalue weighted by Crippen LogP contribution is -2.40. The highest BCUT2D eigenvalue weighted by atomic mass is 32.2. The number of hydrogen-bond donors (Lipinski definition) is 2. The summed E-state index contributed by atoms with van der Waals surface area (Å²) in [6.07, 6.45) is 0.271. The summed E-state index contributed by atoms with van der Waals surface area (Å²) in [4.78, 5) is 11.0. The standard InChI is InChI=1S/C13H18FNO4S/c1-4-13(3,12(16)17)8-15-20(18,19)11-7-10(14)6-5-9(11)2/h5-7,15H,4,8H2,1-3H3,(H,16,17). The SMILES string of the molecule is CCC(C)(CNS(=O)(=O)c1cc(F)ccc1C)C(=O)O. The van der Waals surface area contributed by atoms with E-state index in [9.17, 15) is 17.6 Å². The highest BCUT2D eigenvalue weighted by Gasteiger charge is 2.33. The van der Waals surface area contributed by atoms with Gasteiger partial charge in [-0.05, 0) is 38.0 Å². The Bertz CT molecular complexity index is 615. The summed E-state index contributed by atoms with van der Waals surface area (Å²) in [6, 6.07) is 3.45. The fourth-order valence-electron chi connectivity index (χ4n) is 1.55. The van der Waals surface area contributed by atoms with Crippen molar-refractivity contribution < 1.29 is 22.7 Å². The van der Waals surface area contributed by atoms with Crippen molar-refractivity contribution in [3.63, 3.8) is 0 Å². The molecule has 0 saturated carbocycles. The van der Waals surface area contributed by atoms with Crippen LogP contribution in [-0.2, 0) is 14.8 Å². The van der Waals surface area contributed by atoms with Crippen molar-refractivity contribution >= 4 is 16.0 Å². The number of hydrogen-bond acceptors (Lipinski definition) is 3. The molecule has 0 aliphatic rings. The van der Waals surface area contributed by atoms with Gasteiger partial charge in [0, 0.05) is 6.54 Å². The Morgan fingerprint density at radius 2 is 2.05 bits per heavy atom. The fraction of sp³-hybridized carbons (Fsp3) is 0.462. The minimum atomic E-state index is -3.94. The molecule has 0 aliphatic carbocycles. The summed E-state index contributed by atoms with van der Waals surface area (Å²) in [7, 11) is -3.94. The molecule has 1 atom stereocenters. The van der Waals surface area contributed by atoms with Crippen LogP contribution in [0.5, 0.6) is 0 Å². The summed E-state index contributed by atoms with van der Waals surface area (Å²) in [5, 5.41) is 9.10. The molecule has 20 heavy (non-hydrogen) atoms. The van der Waals surface area contributed by atoms with Crippen molar-refractivity contribution in [1.29, 1.82) is 0 Å². The fourth-order valence-corrected chi connectivity index (χ4v) is 2.97. The largest absolute Gasteiger partial charge is 0.481 e. The van der Waals surface area contributed by atoms with E-state index in [-0.39, 0.29) is 17.9 Å². The summed E-state index contributed by atoms with van der Waals surface area (Å²) >= 11 is 0. The van der Waals surface area contributed by atoms with E-state index in [4.69, 9.17) is 5.11 Å². The molecule has 0 fully saturated rings. The zero-order valence-electron chi connectivity index (χ0n) is 11.6. The molecular weight excluding hydrogens is 285 g/mol. The molecule has 112 valence electrons. The number of carboxylic acids is 1. The van der Waals surface area contributed by atoms with Gasteiger partial charge < -0.3 is 5.11 Å². The van der Waals surface area contributed by atoms with Crippen LogP contribution in [0, 0.1) is 18.2 Å². The molecule has 5 nitrogen and oxygen atoms in total. The maximum absolute atomic E-state index is 13.2. The van der Waals surface area contributed by atoms with Crippen LogP contribution in [0.3, 0.4) is 0 Å². The maximum Gasteiger partial charge on any atom is 0.310 e. The van der Waals surface area contributed by atoms with E-state index < -0.39 is 27.2 Å². The van der Waals surface area contributed by atoms with E-state index in [0.717, 1.165) is 6.07 Å². The van der Waals surface area contributed by atoms with Gasteiger partial charge in [0.05, 0.1) is 10.3 Å². The van der Waals surface area contributed by atoms with Crippen LogP contribution >= 0.6 is 0 Å². The number of nitrogens with one attached hydrogen (secondary N) is 1. The van der Waals surface area contributed by atoms with Gasteiger partial charge in [0.2, 0.25) is 10.0 Å². The third-order valence-corrected chi connectivity index (χ3v) is 4.93. The predicted octanol–water partition coefficient (Wildman–Crippen LogP) is 1.91. The number of aliphatic carboxylic acids is 1. The highest BCUT2D eigenvalue weighted by molar-refractivity contribution is 7.89. The quantitative estimate of drug-likeness (QED) is 0.841. The molecule has 0 aromatic heterocycles. The number of benzene rings is 1. The van der Waals surface area contributed by atoms with E-state index in [2.05, 4.69) is 4.72 Å². The average Bonchev–Trinajstić information content (AvgIpc) is 2.38. The Labute approximate surface area is 117 Å². The zero-order valence-corrected chi connectivity index (χ0v) is 12.4. The molecule has 1 rings (SSSR count). The van der Waals surface area contributed by atoms with Gasteiger partial charge in [-0.3, -0.25) is 4.79 Å². The van der Waals surface area contributed by atoms with Crippen LogP contribution in [0.25, 0.3) is 0 Å². The van der Waals surface area contributed by atoms with Crippen molar-refractivity contribution in [1.82, 2.24) is 4.72 Å². The molecule has 0 saturated heterocycles. The van der Waals surface area contributed by atoms with Crippen molar-refractivity contribution in [2.75, 3.05) is 6.54 Å². The third kappa shape index (κ3) is 3.55. The van der Waals surface area contributed by atoms with Crippen LogP contribution < -0.4 is 4.72 Å². The second kappa shape index (κ2) is 5.88. The topological polar surface area (TPSA) is 83.5 Å². The van der Waals surface area contributed by atoms with E-state index in [0.29, 0.717) is 5.56 Å². The second-order valence-electron chi connectivity index (χ2n) is 4.95. The molecule has 7 heteroatoms. The van der Waals surface area contributed by atoms with Crippen molar-refractivity contribution in [2.45, 2.75) is 32.1 Å². The lowest BCUT2D eigenvalue weighted by molar-refractivity contribution is -0.147. The molecule has 1 aromatic rings. The molecule has 0 spiro atoms. The van der Waals surface area contributed by atoms with Gasteiger partial charge in [-0.1, -0.05) is 13.0 Å². The number of sulfonamides is 1. The second-order valence-corrected chi connectivity index (χ2v) is 6.69. The Balaban J connectivity index is 3.02. The first-order valence-electron chi connectivity index (χ1n) is 6.11. The molecule has 0 heterocycles. The van der Waals surface area contributed by atoms with Gasteiger partial charge in [-0.2, -0.15) is 0 Å². The Kier molecular flexibility index (Phi) is 4.88. The maximum atomic E-state index is 13.2. The number of halogens is 1. The molecule has 0 amide bonds. The number of carboxylic acid groups (broad SMARTS) is 1. The highest BCUT2D eigenvalue weighted by Crippen LogP contribution is 2.22. The van der Waals surface area contributed by atoms with Gasteiger partial charge in [0.25, 0.3) is 0 Å². The van der Waals surface area contributed by atoms with Gasteiger partial charge in [0.1, 0.15) is 5.82 Å². The van der Waals surface area contributed by atoms with E-state index in [1.165, 1.54) is 19.1 Å². The molecule has 0 bridgehead atoms. The van der Waals surface area contributed by atoms with E-state index >= 15 is 0 Å². The monoisotopic (exact) mass is 303 g/mol. The van der Waals surface area contributed by atoms with E-state index in [1.54, 1.807) is 13.8 Å². The summed E-state index contributed by atoms with van der Waals surface area (Å²) in [5.41, 5.74) is -0.804. The van der Waals surface area contributed by atoms with Crippen LogP contribution in [0.4, 0.5) is 4.39 Å². The number of carbonyl (C=O) groups is 1. The van der Waals surface area contributed by atoms with Crippen LogP contribution in [0.15, 0.2) is 23.1 Å². The smallest absolute Gasteiger partial charge is 0.310 e. The summed E-state index contributed by atoms with van der Waals surface area (Å²) in [5.74, 6) is -1.74. The summed E-state index contributed by atoms with van der Waals surface area (Å²) < 4.78 is 39.6. The van der Waals surface area contributed by atoms with E-state index in [1.807, 2.05) is 0 Å². The lowest BCUT2D eigenvalue weighted by Gasteiger charge is -2.23. The van der Waals surface area contributed by atoms with Crippen molar-refractivity contribution in [2.24, 2.45) is 5.41 Å². The van der Waals surface area contributed by atoms with Gasteiger partial charge >= 0.3 is 5.97 Å². The van der Waals surface area contributed by atoms with Gasteiger partial charge in [-0.25, -0.2) is 17.5 Å². The average molecular weight is 303 g/mol. The molecule has 0 aliphatic heterocycles. The van der Waals surface area contributed by atoms with Crippen LogP contribution in [0.1, 0.15) is 25.8 Å². The molecular formula is C13H18FNO4S. The first-order chi connectivity index (χ1) is 9.12. The normalized spacial score (nSPS) is 14.8. The lowest BCUT2D eigenvalue weighted by atomic mass is 9.88. The predicted molar refractivity (Wildman–Crippen MR) is 72.4 cm³/mol. The van der Waals surface area contributed by atoms with Gasteiger partial charge in [0.15, 0.2) is 0 Å². The zero-order chi connectivity index (χ0) is 15.6. The summed E-state index contributed by atoms with van der Waals surface area (Å²) in [6.45, 7) is 4.41. The molecule has 1 aromatic carbocycles. The first-order valence-corrected chi connectivity index (χ1v) is 7.60. The van der Waals surface area contributed by atoms with Gasteiger partial charge in [-0.15, -0.1) is 0 Å². The van der Waals surface area contributed by atoms with Crippen molar-refractivity contribution in [3.05, 3.63) is 29.6 Å². The minimum absolute atomic E-state index is 0.179. The Morgan fingerprint density at radius 1 is 1.45 bits per heavy atom. The Hall–Kier alpha value is -1.47. The minimum Gasteiger partial charge on any atom is -0.481 e. The molecule has 0 radical (unpaired) electrons. The van der Waals surface area contributed by atoms with Crippen LogP contribution in [0.2, 0.25) is 0 Å².